The Labute approximate surface area is 80.3 Å². The Hall–Kier alpha value is -0.570. The zero-order chi connectivity index (χ0) is 10.0. The average Bonchev–Trinajstić information content (AvgIpc) is 2.31. The third-order valence-electron chi connectivity index (χ3n) is 2.63. The molecule has 1 amide bonds. The van der Waals surface area contributed by atoms with Gasteiger partial charge in [0.1, 0.15) is 0 Å². The Morgan fingerprint density at radius 3 is 2.54 bits per heavy atom. The van der Waals surface area contributed by atoms with Crippen LogP contribution in [0.1, 0.15) is 33.6 Å². The zero-order valence-corrected chi connectivity index (χ0v) is 8.79. The molecule has 2 atom stereocenters. The van der Waals surface area contributed by atoms with Crippen molar-refractivity contribution in [3.8, 4) is 0 Å². The van der Waals surface area contributed by atoms with Crippen molar-refractivity contribution in [3.05, 3.63) is 0 Å². The number of carbonyl (C=O) groups is 1. The van der Waals surface area contributed by atoms with Crippen molar-refractivity contribution in [2.24, 2.45) is 11.7 Å². The van der Waals surface area contributed by atoms with E-state index in [0.717, 1.165) is 19.4 Å². The molecule has 1 aliphatic heterocycles. The molecule has 0 aliphatic carbocycles. The number of rotatable bonds is 3. The van der Waals surface area contributed by atoms with Gasteiger partial charge in [0.15, 0.2) is 0 Å². The first-order chi connectivity index (χ1) is 6.02. The van der Waals surface area contributed by atoms with Crippen LogP contribution in [0.4, 0.5) is 0 Å². The lowest BCUT2D eigenvalue weighted by Crippen LogP contribution is -2.39. The number of carbonyl (C=O) groups excluding carboxylic acids is 1. The molecule has 76 valence electrons. The van der Waals surface area contributed by atoms with E-state index in [-0.39, 0.29) is 11.9 Å². The standard InChI is InChI=1S/C10H20N2O/c1-7(2)6-8(3)12-5-4-9(11)10(12)13/h7-9H,4-6,11H2,1-3H3. The molecule has 3 heteroatoms. The maximum atomic E-state index is 11.5. The van der Waals surface area contributed by atoms with Crippen molar-refractivity contribution in [1.29, 1.82) is 0 Å². The molecule has 13 heavy (non-hydrogen) atoms. The first-order valence-electron chi connectivity index (χ1n) is 5.08. The molecule has 0 spiro atoms. The largest absolute Gasteiger partial charge is 0.339 e. The van der Waals surface area contributed by atoms with Gasteiger partial charge in [0.25, 0.3) is 0 Å². The fourth-order valence-electron chi connectivity index (χ4n) is 1.97. The van der Waals surface area contributed by atoms with Crippen LogP contribution >= 0.6 is 0 Å². The number of amides is 1. The monoisotopic (exact) mass is 184 g/mol. The van der Waals surface area contributed by atoms with Crippen molar-refractivity contribution < 1.29 is 4.79 Å². The van der Waals surface area contributed by atoms with E-state index in [4.69, 9.17) is 5.73 Å². The van der Waals surface area contributed by atoms with Crippen LogP contribution in [-0.4, -0.2) is 29.4 Å². The molecule has 1 rings (SSSR count). The Bertz CT molecular complexity index is 191. The van der Waals surface area contributed by atoms with Crippen LogP contribution < -0.4 is 5.73 Å². The molecule has 1 aliphatic rings. The lowest BCUT2D eigenvalue weighted by atomic mass is 10.0. The molecule has 0 saturated carbocycles. The minimum Gasteiger partial charge on any atom is -0.339 e. The second-order valence-electron chi connectivity index (χ2n) is 4.41. The quantitative estimate of drug-likeness (QED) is 0.710. The molecule has 1 heterocycles. The van der Waals surface area contributed by atoms with E-state index in [1.54, 1.807) is 0 Å². The second-order valence-corrected chi connectivity index (χ2v) is 4.41. The molecule has 3 nitrogen and oxygen atoms in total. The summed E-state index contributed by atoms with van der Waals surface area (Å²) in [5.41, 5.74) is 5.65. The van der Waals surface area contributed by atoms with Crippen LogP contribution in [0.15, 0.2) is 0 Å². The minimum absolute atomic E-state index is 0.133. The van der Waals surface area contributed by atoms with Gasteiger partial charge in [0, 0.05) is 12.6 Å². The highest BCUT2D eigenvalue weighted by molar-refractivity contribution is 5.83. The molecular formula is C10H20N2O. The van der Waals surface area contributed by atoms with Crippen LogP contribution in [-0.2, 0) is 4.79 Å². The summed E-state index contributed by atoms with van der Waals surface area (Å²) in [7, 11) is 0. The summed E-state index contributed by atoms with van der Waals surface area (Å²) in [5.74, 6) is 0.771. The first kappa shape index (κ1) is 10.5. The first-order valence-corrected chi connectivity index (χ1v) is 5.08. The van der Waals surface area contributed by atoms with E-state index in [9.17, 15) is 4.79 Å². The highest BCUT2D eigenvalue weighted by Gasteiger charge is 2.31. The number of likely N-dealkylation sites (tertiary alicyclic amines) is 1. The van der Waals surface area contributed by atoms with Crippen molar-refractivity contribution >= 4 is 5.91 Å². The topological polar surface area (TPSA) is 46.3 Å². The Morgan fingerprint density at radius 1 is 1.54 bits per heavy atom. The molecule has 0 aromatic heterocycles. The van der Waals surface area contributed by atoms with E-state index in [2.05, 4.69) is 20.8 Å². The predicted molar refractivity (Wildman–Crippen MR) is 53.2 cm³/mol. The molecule has 0 radical (unpaired) electrons. The maximum Gasteiger partial charge on any atom is 0.239 e. The normalized spacial score (nSPS) is 25.8. The molecule has 2 N–H and O–H groups in total. The molecule has 0 aromatic carbocycles. The van der Waals surface area contributed by atoms with Gasteiger partial charge in [-0.15, -0.1) is 0 Å². The molecule has 1 fully saturated rings. The van der Waals surface area contributed by atoms with E-state index < -0.39 is 0 Å². The summed E-state index contributed by atoms with van der Waals surface area (Å²) in [6.07, 6.45) is 1.89. The second kappa shape index (κ2) is 4.09. The molecule has 1 saturated heterocycles. The molecule has 0 bridgehead atoms. The van der Waals surface area contributed by atoms with Gasteiger partial charge in [0.05, 0.1) is 6.04 Å². The highest BCUT2D eigenvalue weighted by Crippen LogP contribution is 2.17. The lowest BCUT2D eigenvalue weighted by Gasteiger charge is -2.25. The van der Waals surface area contributed by atoms with Crippen molar-refractivity contribution in [1.82, 2.24) is 4.90 Å². The van der Waals surface area contributed by atoms with Crippen LogP contribution in [0.2, 0.25) is 0 Å². The van der Waals surface area contributed by atoms with Gasteiger partial charge in [-0.3, -0.25) is 4.79 Å². The van der Waals surface area contributed by atoms with E-state index >= 15 is 0 Å². The third kappa shape index (κ3) is 2.44. The summed E-state index contributed by atoms with van der Waals surface area (Å²) in [4.78, 5) is 13.5. The third-order valence-corrected chi connectivity index (χ3v) is 2.63. The average molecular weight is 184 g/mol. The van der Waals surface area contributed by atoms with Gasteiger partial charge < -0.3 is 10.6 Å². The number of nitrogens with zero attached hydrogens (tertiary/aromatic N) is 1. The Kier molecular flexibility index (Phi) is 3.31. The van der Waals surface area contributed by atoms with Gasteiger partial charge in [0.2, 0.25) is 5.91 Å². The van der Waals surface area contributed by atoms with E-state index in [1.807, 2.05) is 4.90 Å². The fourth-order valence-corrected chi connectivity index (χ4v) is 1.97. The number of hydrogen-bond donors (Lipinski definition) is 1. The maximum absolute atomic E-state index is 11.5. The Morgan fingerprint density at radius 2 is 2.15 bits per heavy atom. The fraction of sp³-hybridized carbons (Fsp3) is 0.900. The summed E-state index contributed by atoms with van der Waals surface area (Å²) >= 11 is 0. The summed E-state index contributed by atoms with van der Waals surface area (Å²) in [5, 5.41) is 0. The molecule has 0 aromatic rings. The smallest absolute Gasteiger partial charge is 0.239 e. The number of nitrogens with two attached hydrogens (primary N) is 1. The lowest BCUT2D eigenvalue weighted by molar-refractivity contribution is -0.130. The molecular weight excluding hydrogens is 164 g/mol. The molecule has 2 unspecified atom stereocenters. The van der Waals surface area contributed by atoms with Crippen molar-refractivity contribution in [3.63, 3.8) is 0 Å². The van der Waals surface area contributed by atoms with Gasteiger partial charge in [-0.2, -0.15) is 0 Å². The van der Waals surface area contributed by atoms with Gasteiger partial charge >= 0.3 is 0 Å². The van der Waals surface area contributed by atoms with Gasteiger partial charge in [-0.25, -0.2) is 0 Å². The van der Waals surface area contributed by atoms with Crippen LogP contribution in [0.3, 0.4) is 0 Å². The van der Waals surface area contributed by atoms with Gasteiger partial charge in [-0.05, 0) is 25.7 Å². The zero-order valence-electron chi connectivity index (χ0n) is 8.79. The summed E-state index contributed by atoms with van der Waals surface area (Å²) in [6, 6.07) is 0.107. The van der Waals surface area contributed by atoms with Gasteiger partial charge in [-0.1, -0.05) is 13.8 Å². The number of hydrogen-bond acceptors (Lipinski definition) is 2. The van der Waals surface area contributed by atoms with Crippen LogP contribution in [0, 0.1) is 5.92 Å². The highest BCUT2D eigenvalue weighted by atomic mass is 16.2. The van der Waals surface area contributed by atoms with Crippen LogP contribution in [0.25, 0.3) is 0 Å². The van der Waals surface area contributed by atoms with Crippen molar-refractivity contribution in [2.75, 3.05) is 6.54 Å². The van der Waals surface area contributed by atoms with E-state index in [1.165, 1.54) is 0 Å². The predicted octanol–water partition coefficient (Wildman–Crippen LogP) is 0.981. The van der Waals surface area contributed by atoms with Crippen molar-refractivity contribution in [2.45, 2.75) is 45.7 Å². The Balaban J connectivity index is 2.48. The minimum atomic E-state index is -0.241. The summed E-state index contributed by atoms with van der Waals surface area (Å²) in [6.45, 7) is 7.30. The summed E-state index contributed by atoms with van der Waals surface area (Å²) < 4.78 is 0. The van der Waals surface area contributed by atoms with E-state index in [0.29, 0.717) is 12.0 Å². The van der Waals surface area contributed by atoms with Crippen LogP contribution in [0.5, 0.6) is 0 Å². The SMILES string of the molecule is CC(C)CC(C)N1CCC(N)C1=O.